The molecular weight excluding hydrogens is 316 g/mol. The van der Waals surface area contributed by atoms with Crippen LogP contribution in [0.25, 0.3) is 0 Å². The van der Waals surface area contributed by atoms with Gasteiger partial charge >= 0.3 is 0 Å². The minimum Gasteiger partial charge on any atom is -0.381 e. The second kappa shape index (κ2) is 5.49. The zero-order chi connectivity index (χ0) is 13.1. The minimum absolute atomic E-state index is 0.106. The fraction of sp³-hybridized carbons (Fsp3) is 0.167. The van der Waals surface area contributed by atoms with E-state index in [-0.39, 0.29) is 10.6 Å². The van der Waals surface area contributed by atoms with Gasteiger partial charge in [-0.2, -0.15) is 0 Å². The fourth-order valence-corrected chi connectivity index (χ4v) is 2.76. The van der Waals surface area contributed by atoms with Crippen molar-refractivity contribution >= 4 is 38.6 Å². The summed E-state index contributed by atoms with van der Waals surface area (Å²) in [5.41, 5.74) is 3.05. The summed E-state index contributed by atoms with van der Waals surface area (Å²) in [6, 6.07) is 6.87. The van der Waals surface area contributed by atoms with Gasteiger partial charge in [0.2, 0.25) is 0 Å². The van der Waals surface area contributed by atoms with E-state index >= 15 is 0 Å². The van der Waals surface area contributed by atoms with E-state index in [0.717, 1.165) is 20.6 Å². The molecule has 4 nitrogen and oxygen atoms in total. The third-order valence-corrected chi connectivity index (χ3v) is 4.09. The number of aryl methyl sites for hydroxylation is 1. The summed E-state index contributed by atoms with van der Waals surface area (Å²) < 4.78 is 1.08. The van der Waals surface area contributed by atoms with Crippen LogP contribution in [0.5, 0.6) is 0 Å². The van der Waals surface area contributed by atoms with Gasteiger partial charge in [0.05, 0.1) is 8.71 Å². The highest BCUT2D eigenvalue weighted by Gasteiger charge is 2.08. The van der Waals surface area contributed by atoms with Crippen molar-refractivity contribution in [2.75, 3.05) is 5.32 Å². The monoisotopic (exact) mass is 326 g/mol. The average molecular weight is 327 g/mol. The number of nitrogens with one attached hydrogen (secondary N) is 1. The van der Waals surface area contributed by atoms with Crippen molar-refractivity contribution in [1.82, 2.24) is 0 Å². The van der Waals surface area contributed by atoms with Crippen LogP contribution in [0.4, 0.5) is 11.4 Å². The quantitative estimate of drug-likeness (QED) is 0.671. The van der Waals surface area contributed by atoms with E-state index in [1.165, 1.54) is 6.07 Å². The highest BCUT2D eigenvalue weighted by molar-refractivity contribution is 9.11. The standard InChI is InChI=1S/C12H11BrN2O2S/c1-8-2-3-10(15(16)17)5-11(8)14-6-9-4-12(13)18-7-9/h2-5,7,14H,6H2,1H3. The summed E-state index contributed by atoms with van der Waals surface area (Å²) >= 11 is 5.03. The first-order chi connectivity index (χ1) is 8.56. The van der Waals surface area contributed by atoms with Crippen molar-refractivity contribution < 1.29 is 4.92 Å². The van der Waals surface area contributed by atoms with Crippen LogP contribution in [0, 0.1) is 17.0 Å². The van der Waals surface area contributed by atoms with E-state index in [2.05, 4.69) is 21.2 Å². The number of nitrogens with zero attached hydrogens (tertiary/aromatic N) is 1. The molecule has 0 aliphatic heterocycles. The average Bonchev–Trinajstić information content (AvgIpc) is 2.74. The Bertz CT molecular complexity index is 583. The molecule has 0 atom stereocenters. The van der Waals surface area contributed by atoms with Gasteiger partial charge in [-0.25, -0.2) is 0 Å². The Balaban J connectivity index is 2.13. The Kier molecular flexibility index (Phi) is 3.98. The molecule has 2 rings (SSSR count). The number of hydrogen-bond acceptors (Lipinski definition) is 4. The van der Waals surface area contributed by atoms with Crippen molar-refractivity contribution in [1.29, 1.82) is 0 Å². The van der Waals surface area contributed by atoms with Crippen LogP contribution in [-0.4, -0.2) is 4.92 Å². The van der Waals surface area contributed by atoms with Crippen molar-refractivity contribution in [3.8, 4) is 0 Å². The summed E-state index contributed by atoms with van der Waals surface area (Å²) in [6.07, 6.45) is 0. The highest BCUT2D eigenvalue weighted by atomic mass is 79.9. The molecule has 1 aromatic heterocycles. The summed E-state index contributed by atoms with van der Waals surface area (Å²) in [5, 5.41) is 16.0. The zero-order valence-electron chi connectivity index (χ0n) is 9.64. The lowest BCUT2D eigenvalue weighted by Gasteiger charge is -2.08. The molecular formula is C12H11BrN2O2S. The summed E-state index contributed by atoms with van der Waals surface area (Å²) in [7, 11) is 0. The molecule has 0 saturated carbocycles. The third-order valence-electron chi connectivity index (χ3n) is 2.54. The van der Waals surface area contributed by atoms with E-state index in [0.29, 0.717) is 6.54 Å². The number of halogens is 1. The van der Waals surface area contributed by atoms with Gasteiger partial charge in [0, 0.05) is 24.4 Å². The van der Waals surface area contributed by atoms with Gasteiger partial charge in [0.25, 0.3) is 5.69 Å². The van der Waals surface area contributed by atoms with E-state index in [1.807, 2.05) is 18.4 Å². The van der Waals surface area contributed by atoms with Crippen molar-refractivity contribution in [3.63, 3.8) is 0 Å². The van der Waals surface area contributed by atoms with Gasteiger partial charge in [0.1, 0.15) is 0 Å². The zero-order valence-corrected chi connectivity index (χ0v) is 12.0. The number of nitro benzene ring substituents is 1. The maximum Gasteiger partial charge on any atom is 0.271 e. The fourth-order valence-electron chi connectivity index (χ4n) is 1.55. The molecule has 0 aliphatic carbocycles. The van der Waals surface area contributed by atoms with Crippen molar-refractivity contribution in [2.24, 2.45) is 0 Å². The Labute approximate surface area is 117 Å². The molecule has 94 valence electrons. The van der Waals surface area contributed by atoms with E-state index < -0.39 is 0 Å². The lowest BCUT2D eigenvalue weighted by atomic mass is 10.1. The minimum atomic E-state index is -0.383. The second-order valence-corrected chi connectivity index (χ2v) is 6.16. The Hall–Kier alpha value is -1.40. The normalized spacial score (nSPS) is 10.3. The number of anilines is 1. The molecule has 0 saturated heterocycles. The first-order valence-corrected chi connectivity index (χ1v) is 6.95. The van der Waals surface area contributed by atoms with Crippen LogP contribution in [-0.2, 0) is 6.54 Å². The van der Waals surface area contributed by atoms with Gasteiger partial charge in [-0.1, -0.05) is 6.07 Å². The van der Waals surface area contributed by atoms with Crippen molar-refractivity contribution in [3.05, 3.63) is 54.7 Å². The van der Waals surface area contributed by atoms with Crippen LogP contribution < -0.4 is 5.32 Å². The number of thiophene rings is 1. The number of benzene rings is 1. The first kappa shape index (κ1) is 13.0. The van der Waals surface area contributed by atoms with Gasteiger partial charge < -0.3 is 5.32 Å². The molecule has 6 heteroatoms. The molecule has 0 fully saturated rings. The van der Waals surface area contributed by atoms with Crippen molar-refractivity contribution in [2.45, 2.75) is 13.5 Å². The molecule has 18 heavy (non-hydrogen) atoms. The maximum absolute atomic E-state index is 10.7. The summed E-state index contributed by atoms with van der Waals surface area (Å²) in [5.74, 6) is 0. The number of nitro groups is 1. The molecule has 2 aromatic rings. The molecule has 0 unspecified atom stereocenters. The molecule has 0 aliphatic rings. The van der Waals surface area contributed by atoms with E-state index in [1.54, 1.807) is 23.5 Å². The second-order valence-electron chi connectivity index (χ2n) is 3.87. The number of non-ortho nitro benzene ring substituents is 1. The van der Waals surface area contributed by atoms with Gasteiger partial charge in [-0.15, -0.1) is 11.3 Å². The molecule has 1 heterocycles. The van der Waals surface area contributed by atoms with Crippen LogP contribution >= 0.6 is 27.3 Å². The predicted octanol–water partition coefficient (Wildman–Crippen LogP) is 4.34. The lowest BCUT2D eigenvalue weighted by molar-refractivity contribution is -0.384. The lowest BCUT2D eigenvalue weighted by Crippen LogP contribution is -2.01. The van der Waals surface area contributed by atoms with Crippen LogP contribution in [0.15, 0.2) is 33.4 Å². The van der Waals surface area contributed by atoms with Crippen LogP contribution in [0.2, 0.25) is 0 Å². The van der Waals surface area contributed by atoms with Gasteiger partial charge in [0.15, 0.2) is 0 Å². The number of hydrogen-bond donors (Lipinski definition) is 1. The molecule has 0 bridgehead atoms. The Morgan fingerprint density at radius 3 is 2.83 bits per heavy atom. The first-order valence-electron chi connectivity index (χ1n) is 5.28. The Morgan fingerprint density at radius 2 is 2.22 bits per heavy atom. The molecule has 1 aromatic carbocycles. The van der Waals surface area contributed by atoms with Gasteiger partial charge in [-0.3, -0.25) is 10.1 Å². The molecule has 1 N–H and O–H groups in total. The Morgan fingerprint density at radius 1 is 1.44 bits per heavy atom. The van der Waals surface area contributed by atoms with Crippen LogP contribution in [0.1, 0.15) is 11.1 Å². The van der Waals surface area contributed by atoms with E-state index in [9.17, 15) is 10.1 Å². The maximum atomic E-state index is 10.7. The summed E-state index contributed by atoms with van der Waals surface area (Å²) in [6.45, 7) is 2.58. The van der Waals surface area contributed by atoms with E-state index in [4.69, 9.17) is 0 Å². The molecule has 0 amide bonds. The number of rotatable bonds is 4. The predicted molar refractivity (Wildman–Crippen MR) is 77.2 cm³/mol. The molecule has 0 spiro atoms. The highest BCUT2D eigenvalue weighted by Crippen LogP contribution is 2.24. The van der Waals surface area contributed by atoms with Gasteiger partial charge in [-0.05, 0) is 45.4 Å². The largest absolute Gasteiger partial charge is 0.381 e. The topological polar surface area (TPSA) is 55.2 Å². The summed E-state index contributed by atoms with van der Waals surface area (Å²) in [4.78, 5) is 10.3. The van der Waals surface area contributed by atoms with Crippen LogP contribution in [0.3, 0.4) is 0 Å². The molecule has 0 radical (unpaired) electrons. The third kappa shape index (κ3) is 3.08. The smallest absolute Gasteiger partial charge is 0.271 e. The SMILES string of the molecule is Cc1ccc([N+](=O)[O-])cc1NCc1csc(Br)c1.